The number of hydrogen-bond acceptors (Lipinski definition) is 5. The molecule has 0 bridgehead atoms. The Balaban J connectivity index is 2.30. The lowest BCUT2D eigenvalue weighted by Crippen LogP contribution is -2.12. The average Bonchev–Trinajstić information content (AvgIpc) is 2.88. The molecule has 0 saturated heterocycles. The first-order valence-electron chi connectivity index (χ1n) is 6.03. The van der Waals surface area contributed by atoms with E-state index in [1.807, 2.05) is 0 Å². The summed E-state index contributed by atoms with van der Waals surface area (Å²) in [5.41, 5.74) is -0.315. The maximum absolute atomic E-state index is 12.7. The highest BCUT2D eigenvalue weighted by Gasteiger charge is 2.26. The lowest BCUT2D eigenvalue weighted by Gasteiger charge is -2.06. The fraction of sp³-hybridized carbons (Fsp3) is 0. The lowest BCUT2D eigenvalue weighted by atomic mass is 10.3. The van der Waals surface area contributed by atoms with Crippen LogP contribution in [0.1, 0.15) is 0 Å². The van der Waals surface area contributed by atoms with Crippen molar-refractivity contribution < 1.29 is 13.3 Å². The smallest absolute Gasteiger partial charge is 0.258 e. The van der Waals surface area contributed by atoms with Crippen LogP contribution in [0.25, 0.3) is 11.0 Å². The van der Waals surface area contributed by atoms with Crippen LogP contribution in [0.2, 0.25) is 5.02 Å². The Labute approximate surface area is 130 Å². The minimum atomic E-state index is -4.00. The average molecular weight is 338 g/mol. The van der Waals surface area contributed by atoms with Gasteiger partial charge in [0.15, 0.2) is 5.65 Å². The van der Waals surface area contributed by atoms with Gasteiger partial charge in [-0.3, -0.25) is 10.1 Å². The zero-order valence-corrected chi connectivity index (χ0v) is 12.5. The number of nitrogens with zero attached hydrogens (tertiary/aromatic N) is 3. The molecule has 2 aromatic heterocycles. The SMILES string of the molecule is O=[N+]([O-])c1cn(S(=O)(=O)c2ccc(Cl)cc2)c2ncccc12. The highest BCUT2D eigenvalue weighted by molar-refractivity contribution is 7.90. The molecule has 112 valence electrons. The highest BCUT2D eigenvalue weighted by atomic mass is 35.5. The third-order valence-electron chi connectivity index (χ3n) is 3.08. The Kier molecular flexibility index (Phi) is 3.34. The molecule has 0 aliphatic rings. The molecule has 1 aromatic carbocycles. The third-order valence-corrected chi connectivity index (χ3v) is 4.99. The van der Waals surface area contributed by atoms with Gasteiger partial charge in [-0.05, 0) is 36.4 Å². The first-order valence-corrected chi connectivity index (χ1v) is 7.84. The van der Waals surface area contributed by atoms with Gasteiger partial charge in [-0.15, -0.1) is 0 Å². The number of rotatable bonds is 3. The Morgan fingerprint density at radius 3 is 2.50 bits per heavy atom. The van der Waals surface area contributed by atoms with Gasteiger partial charge in [0.25, 0.3) is 15.7 Å². The number of fused-ring (bicyclic) bond motifs is 1. The van der Waals surface area contributed by atoms with Crippen LogP contribution in [-0.4, -0.2) is 22.3 Å². The summed E-state index contributed by atoms with van der Waals surface area (Å²) in [7, 11) is -4.00. The van der Waals surface area contributed by atoms with Gasteiger partial charge in [-0.2, -0.15) is 0 Å². The number of aromatic nitrogens is 2. The Morgan fingerprint density at radius 2 is 1.86 bits per heavy atom. The predicted molar refractivity (Wildman–Crippen MR) is 80.4 cm³/mol. The summed E-state index contributed by atoms with van der Waals surface area (Å²) >= 11 is 5.75. The Bertz CT molecular complexity index is 980. The number of nitro groups is 1. The van der Waals surface area contributed by atoms with Gasteiger partial charge >= 0.3 is 0 Å². The molecule has 22 heavy (non-hydrogen) atoms. The van der Waals surface area contributed by atoms with E-state index in [-0.39, 0.29) is 21.6 Å². The van der Waals surface area contributed by atoms with Crippen LogP contribution in [-0.2, 0) is 10.0 Å². The van der Waals surface area contributed by atoms with E-state index in [1.54, 1.807) is 0 Å². The van der Waals surface area contributed by atoms with E-state index in [9.17, 15) is 18.5 Å². The van der Waals surface area contributed by atoms with Crippen molar-refractivity contribution in [1.82, 2.24) is 8.96 Å². The summed E-state index contributed by atoms with van der Waals surface area (Å²) in [5, 5.41) is 11.6. The normalized spacial score (nSPS) is 11.7. The van der Waals surface area contributed by atoms with E-state index in [0.29, 0.717) is 5.02 Å². The number of pyridine rings is 1. The molecule has 0 unspecified atom stereocenters. The molecule has 0 saturated carbocycles. The summed E-state index contributed by atoms with van der Waals surface area (Å²) in [6.07, 6.45) is 2.33. The summed E-state index contributed by atoms with van der Waals surface area (Å²) in [6.45, 7) is 0. The highest BCUT2D eigenvalue weighted by Crippen LogP contribution is 2.29. The number of benzene rings is 1. The van der Waals surface area contributed by atoms with Gasteiger partial charge in [0.1, 0.15) is 6.20 Å². The van der Waals surface area contributed by atoms with Crippen LogP contribution in [0.5, 0.6) is 0 Å². The monoisotopic (exact) mass is 337 g/mol. The van der Waals surface area contributed by atoms with Gasteiger partial charge in [0.2, 0.25) is 0 Å². The van der Waals surface area contributed by atoms with Crippen molar-refractivity contribution in [2.75, 3.05) is 0 Å². The quantitative estimate of drug-likeness (QED) is 0.541. The summed E-state index contributed by atoms with van der Waals surface area (Å²) < 4.78 is 26.1. The van der Waals surface area contributed by atoms with Crippen molar-refractivity contribution in [3.05, 3.63) is 63.9 Å². The van der Waals surface area contributed by atoms with Crippen molar-refractivity contribution in [2.45, 2.75) is 4.90 Å². The first kappa shape index (κ1) is 14.5. The summed E-state index contributed by atoms with van der Waals surface area (Å²) in [4.78, 5) is 14.4. The number of hydrogen-bond donors (Lipinski definition) is 0. The maximum Gasteiger partial charge on any atom is 0.297 e. The fourth-order valence-corrected chi connectivity index (χ4v) is 3.51. The second-order valence-corrected chi connectivity index (χ2v) is 6.65. The molecule has 0 aliphatic heterocycles. The molecular formula is C13H8ClN3O4S. The van der Waals surface area contributed by atoms with Gasteiger partial charge in [0.05, 0.1) is 15.2 Å². The van der Waals surface area contributed by atoms with Crippen molar-refractivity contribution in [2.24, 2.45) is 0 Å². The molecule has 2 heterocycles. The molecule has 3 aromatic rings. The van der Waals surface area contributed by atoms with Gasteiger partial charge in [0, 0.05) is 11.2 Å². The molecule has 0 N–H and O–H groups in total. The van der Waals surface area contributed by atoms with Crippen LogP contribution in [0.15, 0.2) is 53.7 Å². The standard InChI is InChI=1S/C13H8ClN3O4S/c14-9-3-5-10(6-4-9)22(20,21)16-8-12(17(18)19)11-2-1-7-15-13(11)16/h1-8H. The third kappa shape index (κ3) is 2.22. The van der Waals surface area contributed by atoms with Crippen molar-refractivity contribution >= 4 is 38.3 Å². The van der Waals surface area contributed by atoms with E-state index >= 15 is 0 Å². The van der Waals surface area contributed by atoms with E-state index in [2.05, 4.69) is 4.98 Å². The van der Waals surface area contributed by atoms with Crippen molar-refractivity contribution in [3.63, 3.8) is 0 Å². The molecule has 0 atom stereocenters. The summed E-state index contributed by atoms with van der Waals surface area (Å²) in [5.74, 6) is 0. The van der Waals surface area contributed by atoms with Crippen molar-refractivity contribution in [3.8, 4) is 0 Å². The fourth-order valence-electron chi connectivity index (χ4n) is 2.06. The minimum Gasteiger partial charge on any atom is -0.258 e. The zero-order valence-electron chi connectivity index (χ0n) is 10.9. The molecule has 0 radical (unpaired) electrons. The molecule has 0 aliphatic carbocycles. The van der Waals surface area contributed by atoms with Crippen LogP contribution < -0.4 is 0 Å². The van der Waals surface area contributed by atoms with E-state index in [4.69, 9.17) is 11.6 Å². The van der Waals surface area contributed by atoms with E-state index in [0.717, 1.165) is 10.2 Å². The summed E-state index contributed by atoms with van der Waals surface area (Å²) in [6, 6.07) is 8.49. The molecule has 9 heteroatoms. The van der Waals surface area contributed by atoms with Gasteiger partial charge < -0.3 is 0 Å². The second-order valence-electron chi connectivity index (χ2n) is 4.40. The number of halogens is 1. The van der Waals surface area contributed by atoms with Crippen LogP contribution in [0.4, 0.5) is 5.69 Å². The van der Waals surface area contributed by atoms with Crippen LogP contribution in [0.3, 0.4) is 0 Å². The minimum absolute atomic E-state index is 0.00384. The Hall–Kier alpha value is -2.45. The second kappa shape index (κ2) is 5.08. The van der Waals surface area contributed by atoms with E-state index < -0.39 is 14.9 Å². The van der Waals surface area contributed by atoms with E-state index in [1.165, 1.54) is 42.6 Å². The zero-order chi connectivity index (χ0) is 15.9. The van der Waals surface area contributed by atoms with Crippen LogP contribution in [0, 0.1) is 10.1 Å². The van der Waals surface area contributed by atoms with Crippen LogP contribution >= 0.6 is 11.6 Å². The lowest BCUT2D eigenvalue weighted by molar-refractivity contribution is -0.383. The maximum atomic E-state index is 12.7. The first-order chi connectivity index (χ1) is 10.4. The molecule has 0 fully saturated rings. The van der Waals surface area contributed by atoms with Gasteiger partial charge in [-0.25, -0.2) is 17.4 Å². The molecular weight excluding hydrogens is 330 g/mol. The van der Waals surface area contributed by atoms with Gasteiger partial charge in [-0.1, -0.05) is 11.6 Å². The van der Waals surface area contributed by atoms with Crippen molar-refractivity contribution in [1.29, 1.82) is 0 Å². The molecule has 0 spiro atoms. The topological polar surface area (TPSA) is 95.1 Å². The largest absolute Gasteiger partial charge is 0.297 e. The molecule has 3 rings (SSSR count). The Morgan fingerprint density at radius 1 is 1.18 bits per heavy atom. The predicted octanol–water partition coefficient (Wildman–Crippen LogP) is 2.83. The molecule has 0 amide bonds. The molecule has 7 nitrogen and oxygen atoms in total.